The van der Waals surface area contributed by atoms with Crippen molar-refractivity contribution in [1.29, 1.82) is 0 Å². The Hall–Kier alpha value is -2.63. The summed E-state index contributed by atoms with van der Waals surface area (Å²) in [5.41, 5.74) is 0.817. The lowest BCUT2D eigenvalue weighted by molar-refractivity contribution is 0.129. The predicted octanol–water partition coefficient (Wildman–Crippen LogP) is 2.51. The number of benzene rings is 1. The summed E-state index contributed by atoms with van der Waals surface area (Å²) in [6, 6.07) is 10.0. The van der Waals surface area contributed by atoms with Crippen molar-refractivity contribution in [2.75, 3.05) is 38.5 Å². The normalized spacial score (nSPS) is 14.9. The second-order valence-electron chi connectivity index (χ2n) is 7.25. The van der Waals surface area contributed by atoms with Crippen LogP contribution in [0.3, 0.4) is 0 Å². The molecule has 0 unspecified atom stereocenters. The first-order chi connectivity index (χ1) is 14.7. The molecule has 0 aliphatic carbocycles. The average Bonchev–Trinajstić information content (AvgIpc) is 3.17. The largest absolute Gasteiger partial charge is 0.490 e. The topological polar surface area (TPSA) is 92.5 Å². The molecule has 3 aromatic rings. The van der Waals surface area contributed by atoms with Gasteiger partial charge in [0, 0.05) is 53.1 Å². The van der Waals surface area contributed by atoms with E-state index in [9.17, 15) is 0 Å². The summed E-state index contributed by atoms with van der Waals surface area (Å²) in [4.78, 5) is 15.3. The van der Waals surface area contributed by atoms with Crippen molar-refractivity contribution in [3.8, 4) is 5.75 Å². The van der Waals surface area contributed by atoms with E-state index in [1.807, 2.05) is 44.4 Å². The zero-order valence-electron chi connectivity index (χ0n) is 17.9. The van der Waals surface area contributed by atoms with Gasteiger partial charge in [-0.05, 0) is 12.1 Å². The molecule has 0 bridgehead atoms. The number of ether oxygens (including phenoxy) is 1. The Kier molecular flexibility index (Phi) is 8.27. The number of piperidine rings is 1. The van der Waals surface area contributed by atoms with E-state index in [2.05, 4.69) is 35.6 Å². The van der Waals surface area contributed by atoms with Crippen LogP contribution < -0.4 is 15.4 Å². The number of hydrogen-bond acceptors (Lipinski definition) is 6. The van der Waals surface area contributed by atoms with E-state index >= 15 is 0 Å². The first-order valence-corrected chi connectivity index (χ1v) is 10.3. The third-order valence-electron chi connectivity index (χ3n) is 5.23. The Morgan fingerprint density at radius 2 is 1.94 bits per heavy atom. The van der Waals surface area contributed by atoms with Gasteiger partial charge in [0.25, 0.3) is 0 Å². The molecule has 0 spiro atoms. The molecule has 1 aliphatic heterocycles. The minimum Gasteiger partial charge on any atom is -0.490 e. The Labute approximate surface area is 199 Å². The van der Waals surface area contributed by atoms with Crippen LogP contribution in [0.5, 0.6) is 5.75 Å². The minimum atomic E-state index is 0. The van der Waals surface area contributed by atoms with Crippen molar-refractivity contribution in [3.05, 3.63) is 42.9 Å². The van der Waals surface area contributed by atoms with E-state index in [4.69, 9.17) is 4.74 Å². The van der Waals surface area contributed by atoms with Crippen LogP contribution in [0.2, 0.25) is 0 Å². The van der Waals surface area contributed by atoms with Gasteiger partial charge in [-0.25, -0.2) is 9.97 Å². The molecule has 166 valence electrons. The van der Waals surface area contributed by atoms with Crippen LogP contribution in [0.1, 0.15) is 12.8 Å². The summed E-state index contributed by atoms with van der Waals surface area (Å²) in [6.45, 7) is 3.30. The molecule has 1 saturated heterocycles. The molecule has 2 aromatic heterocycles. The zero-order chi connectivity index (χ0) is 20.8. The van der Waals surface area contributed by atoms with Crippen LogP contribution in [0.15, 0.2) is 47.8 Å². The number of nitrogens with one attached hydrogen (secondary N) is 2. The molecule has 4 rings (SSSR count). The number of rotatable bonds is 6. The number of halogens is 1. The maximum Gasteiger partial charge on any atom is 0.193 e. The fourth-order valence-electron chi connectivity index (χ4n) is 3.67. The van der Waals surface area contributed by atoms with E-state index in [1.165, 1.54) is 0 Å². The Bertz CT molecular complexity index is 985. The summed E-state index contributed by atoms with van der Waals surface area (Å²) in [5.74, 6) is 2.66. The first kappa shape index (κ1) is 23.0. The average molecular weight is 536 g/mol. The number of para-hydroxylation sites is 1. The second-order valence-corrected chi connectivity index (χ2v) is 7.25. The van der Waals surface area contributed by atoms with Crippen molar-refractivity contribution >= 4 is 46.8 Å². The van der Waals surface area contributed by atoms with Crippen LogP contribution in [0.25, 0.3) is 11.0 Å². The number of guanidine groups is 1. The Morgan fingerprint density at radius 1 is 1.16 bits per heavy atom. The van der Waals surface area contributed by atoms with Crippen LogP contribution in [0.4, 0.5) is 5.82 Å². The molecule has 1 aromatic carbocycles. The standard InChI is InChI=1S/C21H28N8O.HI/c1-22-21(29-12-8-17(9-13-29)30-16-6-4-3-5-7-16)24-11-10-23-19-18-14-27-28(2)20(18)26-15-25-19;/h3-7,14-15,17H,8-13H2,1-2H3,(H,22,24)(H,23,25,26);1H. The molecule has 2 N–H and O–H groups in total. The highest BCUT2D eigenvalue weighted by Gasteiger charge is 2.22. The third-order valence-corrected chi connectivity index (χ3v) is 5.23. The SMILES string of the molecule is CN=C(NCCNc1ncnc2c1cnn2C)N1CCC(Oc2ccccc2)CC1.I. The first-order valence-electron chi connectivity index (χ1n) is 10.3. The highest BCUT2D eigenvalue weighted by molar-refractivity contribution is 14.0. The van der Waals surface area contributed by atoms with Gasteiger partial charge in [-0.15, -0.1) is 24.0 Å². The number of aryl methyl sites for hydroxylation is 1. The van der Waals surface area contributed by atoms with Crippen molar-refractivity contribution in [2.45, 2.75) is 18.9 Å². The maximum absolute atomic E-state index is 6.09. The number of aliphatic imine (C=N–C) groups is 1. The van der Waals surface area contributed by atoms with Crippen molar-refractivity contribution in [2.24, 2.45) is 12.0 Å². The van der Waals surface area contributed by atoms with Crippen LogP contribution in [-0.4, -0.2) is 69.9 Å². The van der Waals surface area contributed by atoms with E-state index in [0.717, 1.165) is 61.0 Å². The minimum absolute atomic E-state index is 0. The van der Waals surface area contributed by atoms with E-state index in [1.54, 1.807) is 17.2 Å². The highest BCUT2D eigenvalue weighted by Crippen LogP contribution is 2.19. The molecule has 0 saturated carbocycles. The lowest BCUT2D eigenvalue weighted by atomic mass is 10.1. The molecular formula is C21H29IN8O. The molecule has 0 radical (unpaired) electrons. The summed E-state index contributed by atoms with van der Waals surface area (Å²) in [7, 11) is 3.70. The predicted molar refractivity (Wildman–Crippen MR) is 133 cm³/mol. The van der Waals surface area contributed by atoms with Gasteiger partial charge in [-0.3, -0.25) is 9.67 Å². The smallest absolute Gasteiger partial charge is 0.193 e. The van der Waals surface area contributed by atoms with E-state index in [-0.39, 0.29) is 30.1 Å². The molecule has 31 heavy (non-hydrogen) atoms. The molecule has 3 heterocycles. The van der Waals surface area contributed by atoms with Crippen molar-refractivity contribution in [1.82, 2.24) is 30.0 Å². The number of nitrogens with zero attached hydrogens (tertiary/aromatic N) is 6. The molecule has 10 heteroatoms. The van der Waals surface area contributed by atoms with Gasteiger partial charge in [0.1, 0.15) is 24.0 Å². The number of likely N-dealkylation sites (tertiary alicyclic amines) is 1. The molecular weight excluding hydrogens is 507 g/mol. The lowest BCUT2D eigenvalue weighted by Crippen LogP contribution is -2.48. The van der Waals surface area contributed by atoms with Crippen molar-refractivity contribution in [3.63, 3.8) is 0 Å². The monoisotopic (exact) mass is 536 g/mol. The molecule has 1 aliphatic rings. The Morgan fingerprint density at radius 3 is 2.68 bits per heavy atom. The number of anilines is 1. The van der Waals surface area contributed by atoms with Crippen molar-refractivity contribution < 1.29 is 4.74 Å². The Balaban J connectivity index is 0.00000272. The van der Waals surface area contributed by atoms with Crippen LogP contribution in [0, 0.1) is 0 Å². The van der Waals surface area contributed by atoms with Gasteiger partial charge >= 0.3 is 0 Å². The third kappa shape index (κ3) is 5.75. The zero-order valence-corrected chi connectivity index (χ0v) is 20.2. The van der Waals surface area contributed by atoms with E-state index < -0.39 is 0 Å². The van der Waals surface area contributed by atoms with E-state index in [0.29, 0.717) is 6.54 Å². The van der Waals surface area contributed by atoms with Gasteiger partial charge in [0.15, 0.2) is 11.6 Å². The fourth-order valence-corrected chi connectivity index (χ4v) is 3.67. The van der Waals surface area contributed by atoms with Gasteiger partial charge in [0.2, 0.25) is 0 Å². The maximum atomic E-state index is 6.09. The number of fused-ring (bicyclic) bond motifs is 1. The van der Waals surface area contributed by atoms with Gasteiger partial charge in [-0.2, -0.15) is 5.10 Å². The number of aromatic nitrogens is 4. The van der Waals surface area contributed by atoms with Crippen LogP contribution >= 0.6 is 24.0 Å². The summed E-state index contributed by atoms with van der Waals surface area (Å²) >= 11 is 0. The fraction of sp³-hybridized carbons (Fsp3) is 0.429. The molecule has 0 amide bonds. The van der Waals surface area contributed by atoms with Crippen LogP contribution in [-0.2, 0) is 7.05 Å². The number of hydrogen-bond donors (Lipinski definition) is 2. The quantitative estimate of drug-likeness (QED) is 0.217. The molecule has 0 atom stereocenters. The summed E-state index contributed by atoms with van der Waals surface area (Å²) < 4.78 is 7.83. The molecule has 9 nitrogen and oxygen atoms in total. The van der Waals surface area contributed by atoms with Gasteiger partial charge < -0.3 is 20.3 Å². The summed E-state index contributed by atoms with van der Waals surface area (Å²) in [6.07, 6.45) is 5.55. The second kappa shape index (κ2) is 11.1. The highest BCUT2D eigenvalue weighted by atomic mass is 127. The van der Waals surface area contributed by atoms with Gasteiger partial charge in [-0.1, -0.05) is 18.2 Å². The lowest BCUT2D eigenvalue weighted by Gasteiger charge is -2.34. The van der Waals surface area contributed by atoms with Gasteiger partial charge in [0.05, 0.1) is 11.6 Å². The summed E-state index contributed by atoms with van der Waals surface area (Å²) in [5, 5.41) is 12.0. The molecule has 1 fully saturated rings.